The summed E-state index contributed by atoms with van der Waals surface area (Å²) in [5.41, 5.74) is 1.83. The molecule has 3 amide bonds. The summed E-state index contributed by atoms with van der Waals surface area (Å²) >= 11 is 0. The molecule has 0 bridgehead atoms. The fourth-order valence-electron chi connectivity index (χ4n) is 6.53. The summed E-state index contributed by atoms with van der Waals surface area (Å²) in [5, 5.41) is 10.2. The van der Waals surface area contributed by atoms with Gasteiger partial charge in [0.1, 0.15) is 17.6 Å². The maximum absolute atomic E-state index is 14.3. The molecule has 2 N–H and O–H groups in total. The van der Waals surface area contributed by atoms with Gasteiger partial charge in [-0.1, -0.05) is 62.9 Å². The number of nitrogens with zero attached hydrogens (tertiary/aromatic N) is 5. The SMILES string of the molecule is C=C(C(=O)NCc1cccc([C@@H]2c3cnn(-c4ccccc4)c3N(CC)C(=O)[C@H]2NC(=O)c2nccc(C(F)(F)F)n2)c1)[C@H](C)C(C)C1COC1. The number of fused-ring (bicyclic) bond motifs is 1. The summed E-state index contributed by atoms with van der Waals surface area (Å²) < 4.78 is 47.3. The zero-order valence-electron chi connectivity index (χ0n) is 28.4. The lowest BCUT2D eigenvalue weighted by Gasteiger charge is -2.38. The summed E-state index contributed by atoms with van der Waals surface area (Å²) in [4.78, 5) is 49.6. The third kappa shape index (κ3) is 7.13. The molecule has 2 aromatic heterocycles. The van der Waals surface area contributed by atoms with Crippen LogP contribution < -0.4 is 15.5 Å². The quantitative estimate of drug-likeness (QED) is 0.209. The first-order valence-electron chi connectivity index (χ1n) is 16.7. The zero-order valence-corrected chi connectivity index (χ0v) is 28.4. The van der Waals surface area contributed by atoms with Gasteiger partial charge >= 0.3 is 6.18 Å². The van der Waals surface area contributed by atoms with Crippen LogP contribution >= 0.6 is 0 Å². The lowest BCUT2D eigenvalue weighted by molar-refractivity contribution is -0.141. The second-order valence-corrected chi connectivity index (χ2v) is 12.8. The largest absolute Gasteiger partial charge is 0.433 e. The minimum atomic E-state index is -4.80. The molecule has 0 saturated carbocycles. The van der Waals surface area contributed by atoms with Gasteiger partial charge in [0.25, 0.3) is 11.8 Å². The van der Waals surface area contributed by atoms with Crippen molar-refractivity contribution in [2.45, 2.75) is 45.5 Å². The predicted octanol–water partition coefficient (Wildman–Crippen LogP) is 5.07. The molecule has 1 fully saturated rings. The van der Waals surface area contributed by atoms with E-state index in [-0.39, 0.29) is 30.8 Å². The number of hydrogen-bond acceptors (Lipinski definition) is 7. The number of halogens is 3. The minimum Gasteiger partial charge on any atom is -0.381 e. The van der Waals surface area contributed by atoms with Gasteiger partial charge in [-0.2, -0.15) is 18.3 Å². The lowest BCUT2D eigenvalue weighted by Crippen LogP contribution is -2.55. The molecule has 4 heterocycles. The Bertz CT molecular complexity index is 1940. The minimum absolute atomic E-state index is 0.0512. The van der Waals surface area contributed by atoms with E-state index in [0.29, 0.717) is 53.4 Å². The summed E-state index contributed by atoms with van der Waals surface area (Å²) in [5.74, 6) is -2.31. The Kier molecular flexibility index (Phi) is 10.1. The van der Waals surface area contributed by atoms with Gasteiger partial charge in [0.05, 0.1) is 25.1 Å². The van der Waals surface area contributed by atoms with Gasteiger partial charge in [0.15, 0.2) is 0 Å². The predicted molar refractivity (Wildman–Crippen MR) is 182 cm³/mol. The molecule has 1 saturated heterocycles. The molecule has 2 aromatic carbocycles. The highest BCUT2D eigenvalue weighted by Crippen LogP contribution is 2.42. The van der Waals surface area contributed by atoms with Gasteiger partial charge in [-0.3, -0.25) is 19.3 Å². The van der Waals surface area contributed by atoms with Crippen molar-refractivity contribution in [3.8, 4) is 5.69 Å². The van der Waals surface area contributed by atoms with Crippen molar-refractivity contribution >= 4 is 23.5 Å². The van der Waals surface area contributed by atoms with E-state index in [1.165, 1.54) is 4.90 Å². The normalized spacial score (nSPS) is 18.7. The first-order chi connectivity index (χ1) is 24.4. The maximum Gasteiger partial charge on any atom is 0.433 e. The first-order valence-corrected chi connectivity index (χ1v) is 16.7. The van der Waals surface area contributed by atoms with Crippen molar-refractivity contribution in [2.24, 2.45) is 17.8 Å². The second-order valence-electron chi connectivity index (χ2n) is 12.8. The van der Waals surface area contributed by atoms with Crippen LogP contribution in [0.5, 0.6) is 0 Å². The molecule has 4 aromatic rings. The number of ether oxygens (including phenoxy) is 1. The van der Waals surface area contributed by atoms with Crippen LogP contribution in [0, 0.1) is 17.8 Å². The Morgan fingerprint density at radius 2 is 1.82 bits per heavy atom. The third-order valence-corrected chi connectivity index (χ3v) is 9.78. The summed E-state index contributed by atoms with van der Waals surface area (Å²) in [6.07, 6.45) is -2.33. The standard InChI is InChI=1S/C37H38F3N7O4/c1-5-46-35-28(18-43-47(35)27-12-7-6-8-13-27)30(31(36(46)50)45-34(49)32-41-15-14-29(44-32)37(38,39)40)25-11-9-10-24(16-25)17-42-33(48)23(4)21(2)22(3)26-19-51-20-26/h6-16,18,21-22,26,30-31H,4-5,17,19-20H2,1-3H3,(H,42,48)(H,45,49)/t21-,22?,30-,31+/m1/s1. The van der Waals surface area contributed by atoms with Crippen LogP contribution in [0.25, 0.3) is 5.69 Å². The van der Waals surface area contributed by atoms with E-state index >= 15 is 0 Å². The van der Waals surface area contributed by atoms with Crippen molar-refractivity contribution < 1.29 is 32.3 Å². The first kappa shape index (κ1) is 35.5. The van der Waals surface area contributed by atoms with Crippen LogP contribution in [0.1, 0.15) is 59.7 Å². The topological polar surface area (TPSA) is 131 Å². The van der Waals surface area contributed by atoms with E-state index < -0.39 is 41.5 Å². The number of nitrogens with one attached hydrogen (secondary N) is 2. The van der Waals surface area contributed by atoms with Gasteiger partial charge < -0.3 is 15.4 Å². The van der Waals surface area contributed by atoms with E-state index in [1.54, 1.807) is 29.9 Å². The summed E-state index contributed by atoms with van der Waals surface area (Å²) in [7, 11) is 0. The fourth-order valence-corrected chi connectivity index (χ4v) is 6.53. The number of amides is 3. The number of alkyl halides is 3. The zero-order chi connectivity index (χ0) is 36.4. The van der Waals surface area contributed by atoms with Crippen molar-refractivity contribution in [3.05, 3.63) is 113 Å². The van der Waals surface area contributed by atoms with Crippen molar-refractivity contribution in [1.82, 2.24) is 30.4 Å². The van der Waals surface area contributed by atoms with E-state index in [9.17, 15) is 27.6 Å². The smallest absolute Gasteiger partial charge is 0.381 e. The second kappa shape index (κ2) is 14.5. The van der Waals surface area contributed by atoms with E-state index in [2.05, 4.69) is 39.2 Å². The number of hydrogen-bond donors (Lipinski definition) is 2. The summed E-state index contributed by atoms with van der Waals surface area (Å²) in [6, 6.07) is 15.8. The number of likely N-dealkylation sites (N-methyl/N-ethyl adjacent to an activating group) is 1. The van der Waals surface area contributed by atoms with E-state index in [0.717, 1.165) is 11.8 Å². The number of anilines is 1. The van der Waals surface area contributed by atoms with E-state index in [1.807, 2.05) is 49.4 Å². The van der Waals surface area contributed by atoms with Crippen LogP contribution in [-0.4, -0.2) is 63.3 Å². The third-order valence-electron chi connectivity index (χ3n) is 9.78. The van der Waals surface area contributed by atoms with Gasteiger partial charge in [0.2, 0.25) is 11.7 Å². The Balaban J connectivity index is 1.33. The molecule has 14 heteroatoms. The van der Waals surface area contributed by atoms with Crippen LogP contribution in [0.4, 0.5) is 19.0 Å². The Labute approximate surface area is 292 Å². The molecule has 1 unspecified atom stereocenters. The van der Waals surface area contributed by atoms with Gasteiger partial charge in [-0.25, -0.2) is 14.6 Å². The molecular weight excluding hydrogens is 663 g/mol. The van der Waals surface area contributed by atoms with E-state index in [4.69, 9.17) is 4.74 Å². The average molecular weight is 702 g/mol. The molecule has 11 nitrogen and oxygen atoms in total. The maximum atomic E-state index is 14.3. The van der Waals surface area contributed by atoms with Gasteiger partial charge in [-0.05, 0) is 48.1 Å². The lowest BCUT2D eigenvalue weighted by atomic mass is 9.79. The van der Waals surface area contributed by atoms with Crippen LogP contribution in [0.15, 0.2) is 85.2 Å². The van der Waals surface area contributed by atoms with Crippen LogP contribution in [0.2, 0.25) is 0 Å². The molecule has 2 aliphatic rings. The number of para-hydroxylation sites is 1. The highest BCUT2D eigenvalue weighted by Gasteiger charge is 2.45. The fraction of sp³-hybridized carbons (Fsp3) is 0.351. The molecule has 2 aliphatic heterocycles. The van der Waals surface area contributed by atoms with Crippen molar-refractivity contribution in [2.75, 3.05) is 24.7 Å². The van der Waals surface area contributed by atoms with Crippen molar-refractivity contribution in [3.63, 3.8) is 0 Å². The van der Waals surface area contributed by atoms with Crippen LogP contribution in [-0.2, 0) is 27.0 Å². The number of rotatable bonds is 11. The Morgan fingerprint density at radius 3 is 2.49 bits per heavy atom. The molecule has 266 valence electrons. The number of benzene rings is 2. The Hall–Kier alpha value is -5.37. The molecule has 0 radical (unpaired) electrons. The van der Waals surface area contributed by atoms with Gasteiger partial charge in [0, 0.05) is 42.3 Å². The number of aromatic nitrogens is 4. The van der Waals surface area contributed by atoms with Crippen molar-refractivity contribution in [1.29, 1.82) is 0 Å². The van der Waals surface area contributed by atoms with Crippen LogP contribution in [0.3, 0.4) is 0 Å². The number of carbonyl (C=O) groups is 3. The summed E-state index contributed by atoms with van der Waals surface area (Å²) in [6.45, 7) is 11.6. The molecule has 0 aliphatic carbocycles. The average Bonchev–Trinajstić information content (AvgIpc) is 3.54. The highest BCUT2D eigenvalue weighted by atomic mass is 19.4. The van der Waals surface area contributed by atoms with Gasteiger partial charge in [-0.15, -0.1) is 0 Å². The Morgan fingerprint density at radius 1 is 1.08 bits per heavy atom. The molecule has 6 rings (SSSR count). The monoisotopic (exact) mass is 701 g/mol. The molecular formula is C37H38F3N7O4. The molecule has 51 heavy (non-hydrogen) atoms. The molecule has 0 spiro atoms. The highest BCUT2D eigenvalue weighted by molar-refractivity contribution is 6.04. The molecule has 4 atom stereocenters. The number of carbonyl (C=O) groups excluding carboxylic acids is 3.